The van der Waals surface area contributed by atoms with E-state index in [0.717, 1.165) is 52.5 Å². The number of hydrogen-bond donors (Lipinski definition) is 1. The fraction of sp³-hybridized carbons (Fsp3) is 0.444. The number of thiocarbonyl (C=S) groups is 1. The molecule has 1 aromatic rings. The van der Waals surface area contributed by atoms with Crippen molar-refractivity contribution >= 4 is 45.9 Å². The molecule has 0 unspecified atom stereocenters. The van der Waals surface area contributed by atoms with Crippen LogP contribution in [0.15, 0.2) is 46.7 Å². The number of carbonyl (C=O) groups is 2. The van der Waals surface area contributed by atoms with E-state index in [1.807, 2.05) is 19.1 Å². The molecule has 0 radical (unpaired) electrons. The summed E-state index contributed by atoms with van der Waals surface area (Å²) < 4.78 is 6.49. The first-order chi connectivity index (χ1) is 16.7. The molecule has 0 aliphatic carbocycles. The number of ether oxygens (including phenoxy) is 1. The van der Waals surface area contributed by atoms with Gasteiger partial charge >= 0.3 is 5.97 Å². The number of aliphatic carboxylic acids is 1. The van der Waals surface area contributed by atoms with Gasteiger partial charge in [-0.2, -0.15) is 0 Å². The van der Waals surface area contributed by atoms with Gasteiger partial charge in [0.05, 0.1) is 10.6 Å². The number of carbonyl (C=O) groups excluding carboxylic acids is 1. The van der Waals surface area contributed by atoms with Gasteiger partial charge in [0.2, 0.25) is 5.88 Å². The smallest absolute Gasteiger partial charge is 0.323 e. The summed E-state index contributed by atoms with van der Waals surface area (Å²) in [5, 5.41) is 9.01. The van der Waals surface area contributed by atoms with Crippen LogP contribution >= 0.6 is 24.0 Å². The summed E-state index contributed by atoms with van der Waals surface area (Å²) in [7, 11) is 0. The summed E-state index contributed by atoms with van der Waals surface area (Å²) >= 11 is 6.30. The van der Waals surface area contributed by atoms with Crippen LogP contribution in [0.3, 0.4) is 0 Å². The van der Waals surface area contributed by atoms with E-state index in [-0.39, 0.29) is 10.2 Å². The number of carboxylic acid groups (broad SMARTS) is 1. The van der Waals surface area contributed by atoms with Gasteiger partial charge in [0.25, 0.3) is 5.91 Å². The number of carboxylic acids is 1. The third-order valence-corrected chi connectivity index (χ3v) is 7.47. The molecule has 1 N–H and O–H groups in total. The number of nitrogens with zero attached hydrogens (tertiary/aromatic N) is 2. The lowest BCUT2D eigenvalue weighted by Crippen LogP contribution is -2.33. The minimum Gasteiger partial charge on any atom is -0.480 e. The molecule has 0 spiro atoms. The first kappa shape index (κ1) is 27.0. The number of rotatable bonds is 11. The molecule has 1 aromatic carbocycles. The van der Waals surface area contributed by atoms with Crippen molar-refractivity contribution in [2.24, 2.45) is 0 Å². The molecular formula is C27H34N2O4S2. The molecule has 2 heterocycles. The fourth-order valence-electron chi connectivity index (χ4n) is 3.99. The lowest BCUT2D eigenvalue weighted by molar-refractivity contribution is -0.140. The average Bonchev–Trinajstić information content (AvgIpc) is 3.26. The van der Waals surface area contributed by atoms with Crippen molar-refractivity contribution in [2.75, 3.05) is 18.0 Å². The van der Waals surface area contributed by atoms with Gasteiger partial charge in [-0.05, 0) is 68.2 Å². The van der Waals surface area contributed by atoms with Gasteiger partial charge in [0.1, 0.15) is 10.9 Å². The van der Waals surface area contributed by atoms with Gasteiger partial charge in [-0.3, -0.25) is 14.5 Å². The van der Waals surface area contributed by atoms with Crippen LogP contribution in [0.4, 0.5) is 5.69 Å². The Kier molecular flexibility index (Phi) is 9.57. The maximum Gasteiger partial charge on any atom is 0.323 e. The van der Waals surface area contributed by atoms with E-state index in [9.17, 15) is 9.59 Å². The summed E-state index contributed by atoms with van der Waals surface area (Å²) in [5.74, 6) is 0.173. The number of thioether (sulfide) groups is 1. The van der Waals surface area contributed by atoms with Gasteiger partial charge in [0.15, 0.2) is 5.75 Å². The molecule has 0 atom stereocenters. The van der Waals surface area contributed by atoms with E-state index >= 15 is 0 Å². The summed E-state index contributed by atoms with van der Waals surface area (Å²) in [5.41, 5.74) is 4.37. The summed E-state index contributed by atoms with van der Waals surface area (Å²) in [6, 6.07) is 4.27. The molecule has 0 bridgehead atoms. The van der Waals surface area contributed by atoms with Crippen LogP contribution in [0, 0.1) is 13.8 Å². The van der Waals surface area contributed by atoms with Crippen LogP contribution < -0.4 is 9.64 Å². The summed E-state index contributed by atoms with van der Waals surface area (Å²) in [6.45, 7) is 8.79. The lowest BCUT2D eigenvalue weighted by atomic mass is 10.1. The lowest BCUT2D eigenvalue weighted by Gasteiger charge is -2.18. The number of hydrogen-bond acceptors (Lipinski definition) is 6. The minimum atomic E-state index is -1.09. The van der Waals surface area contributed by atoms with Crippen molar-refractivity contribution in [1.29, 1.82) is 0 Å². The quantitative estimate of drug-likeness (QED) is 0.206. The standard InChI is InChI=1S/C27H34N2O4S2/c1-5-6-7-8-9-10-13-28-21-15-19(3)20(4)16-22(21)33-24(28)12-11-18(2)14-23-26(32)29(17-25(30)31)27(34)35-23/h11-12,14-16H,5-10,13,17H2,1-4H3,(H,30,31). The molecule has 3 rings (SSSR count). The Morgan fingerprint density at radius 3 is 2.51 bits per heavy atom. The Labute approximate surface area is 217 Å². The van der Waals surface area contributed by atoms with Crippen molar-refractivity contribution in [1.82, 2.24) is 4.90 Å². The second-order valence-electron chi connectivity index (χ2n) is 9.00. The predicted molar refractivity (Wildman–Crippen MR) is 147 cm³/mol. The number of anilines is 1. The molecule has 1 fully saturated rings. The Balaban J connectivity index is 1.76. The van der Waals surface area contributed by atoms with Crippen LogP contribution in [0.1, 0.15) is 63.5 Å². The maximum absolute atomic E-state index is 12.5. The van der Waals surface area contributed by atoms with Crippen molar-refractivity contribution in [3.05, 3.63) is 57.8 Å². The Hall–Kier alpha value is -2.58. The molecular weight excluding hydrogens is 480 g/mol. The molecule has 188 valence electrons. The third kappa shape index (κ3) is 6.98. The number of unbranched alkanes of at least 4 members (excludes halogenated alkanes) is 5. The zero-order valence-electron chi connectivity index (χ0n) is 20.9. The minimum absolute atomic E-state index is 0.264. The highest BCUT2D eigenvalue weighted by Crippen LogP contribution is 2.41. The molecule has 0 aromatic heterocycles. The average molecular weight is 515 g/mol. The highest BCUT2D eigenvalue weighted by Gasteiger charge is 2.33. The third-order valence-electron chi connectivity index (χ3n) is 6.10. The van der Waals surface area contributed by atoms with Gasteiger partial charge in [0, 0.05) is 6.54 Å². The van der Waals surface area contributed by atoms with Crippen molar-refractivity contribution in [3.63, 3.8) is 0 Å². The summed E-state index contributed by atoms with van der Waals surface area (Å²) in [6.07, 6.45) is 12.9. The fourth-order valence-corrected chi connectivity index (χ4v) is 5.29. The predicted octanol–water partition coefficient (Wildman–Crippen LogP) is 6.48. The second-order valence-corrected chi connectivity index (χ2v) is 10.7. The second kappa shape index (κ2) is 12.4. The van der Waals surface area contributed by atoms with Crippen LogP contribution in [0.5, 0.6) is 5.75 Å². The van der Waals surface area contributed by atoms with Gasteiger partial charge in [-0.25, -0.2) is 0 Å². The molecule has 1 amide bonds. The first-order valence-corrected chi connectivity index (χ1v) is 13.4. The number of aryl methyl sites for hydroxylation is 2. The van der Waals surface area contributed by atoms with Crippen molar-refractivity contribution in [2.45, 2.75) is 66.2 Å². The molecule has 2 aliphatic heterocycles. The van der Waals surface area contributed by atoms with E-state index in [0.29, 0.717) is 4.91 Å². The zero-order chi connectivity index (χ0) is 25.5. The van der Waals surface area contributed by atoms with E-state index in [1.54, 1.807) is 6.08 Å². The van der Waals surface area contributed by atoms with E-state index in [4.69, 9.17) is 22.1 Å². The highest BCUT2D eigenvalue weighted by molar-refractivity contribution is 8.26. The first-order valence-electron chi connectivity index (χ1n) is 12.1. The molecule has 2 aliphatic rings. The largest absolute Gasteiger partial charge is 0.480 e. The molecule has 8 heteroatoms. The number of allylic oxidation sites excluding steroid dienone is 4. The van der Waals surface area contributed by atoms with Crippen LogP contribution in [0.25, 0.3) is 0 Å². The van der Waals surface area contributed by atoms with Crippen LogP contribution in [-0.2, 0) is 9.59 Å². The maximum atomic E-state index is 12.5. The topological polar surface area (TPSA) is 70.1 Å². The van der Waals surface area contributed by atoms with Crippen LogP contribution in [-0.4, -0.2) is 39.3 Å². The normalized spacial score (nSPS) is 18.1. The molecule has 35 heavy (non-hydrogen) atoms. The van der Waals surface area contributed by atoms with Crippen LogP contribution in [0.2, 0.25) is 0 Å². The van der Waals surface area contributed by atoms with Crippen molar-refractivity contribution in [3.8, 4) is 5.75 Å². The van der Waals surface area contributed by atoms with E-state index in [2.05, 4.69) is 37.8 Å². The summed E-state index contributed by atoms with van der Waals surface area (Å²) in [4.78, 5) is 27.3. The molecule has 1 saturated heterocycles. The SMILES string of the molecule is CCCCCCCCN1C(=CC=C(C)C=C2SC(=S)N(CC(=O)O)C2=O)Oc2cc(C)c(C)cc21. The monoisotopic (exact) mass is 514 g/mol. The van der Waals surface area contributed by atoms with Crippen molar-refractivity contribution < 1.29 is 19.4 Å². The Morgan fingerprint density at radius 1 is 1.11 bits per heavy atom. The highest BCUT2D eigenvalue weighted by atomic mass is 32.2. The number of amides is 1. The Morgan fingerprint density at radius 2 is 1.80 bits per heavy atom. The molecule has 0 saturated carbocycles. The van der Waals surface area contributed by atoms with Gasteiger partial charge in [-0.1, -0.05) is 69.1 Å². The zero-order valence-corrected chi connectivity index (χ0v) is 22.6. The number of fused-ring (bicyclic) bond motifs is 1. The Bertz CT molecular complexity index is 1090. The van der Waals surface area contributed by atoms with Gasteiger partial charge in [-0.15, -0.1) is 0 Å². The van der Waals surface area contributed by atoms with Gasteiger partial charge < -0.3 is 14.7 Å². The van der Waals surface area contributed by atoms with E-state index < -0.39 is 12.5 Å². The molecule has 6 nitrogen and oxygen atoms in total. The number of benzene rings is 1. The van der Waals surface area contributed by atoms with E-state index in [1.165, 1.54) is 43.2 Å².